The van der Waals surface area contributed by atoms with Crippen LogP contribution in [0.5, 0.6) is 0 Å². The summed E-state index contributed by atoms with van der Waals surface area (Å²) >= 11 is 0. The van der Waals surface area contributed by atoms with Crippen LogP contribution in [-0.2, 0) is 4.74 Å². The molecule has 0 N–H and O–H groups in total. The zero-order valence-electron chi connectivity index (χ0n) is 8.67. The number of hydrogen-bond acceptors (Lipinski definition) is 1. The summed E-state index contributed by atoms with van der Waals surface area (Å²) in [7, 11) is 1.61. The highest BCUT2D eigenvalue weighted by Gasteiger charge is 2.25. The molecule has 1 aliphatic rings. The van der Waals surface area contributed by atoms with Crippen LogP contribution in [0.2, 0.25) is 0 Å². The third kappa shape index (κ3) is 3.13. The molecule has 0 amide bonds. The van der Waals surface area contributed by atoms with Gasteiger partial charge in [-0.3, -0.25) is 0 Å². The SMILES string of the molecule is C=CCC1(OC)C=CC(C=C(F)F)=CC1. The van der Waals surface area contributed by atoms with Gasteiger partial charge in [-0.2, -0.15) is 8.78 Å². The highest BCUT2D eigenvalue weighted by atomic mass is 19.3. The molecule has 0 aromatic rings. The van der Waals surface area contributed by atoms with Gasteiger partial charge in [0, 0.05) is 13.2 Å². The molecular weight excluding hydrogens is 198 g/mol. The van der Waals surface area contributed by atoms with Gasteiger partial charge in [0.1, 0.15) is 0 Å². The second-order valence-corrected chi connectivity index (χ2v) is 3.44. The molecule has 15 heavy (non-hydrogen) atoms. The molecule has 0 saturated heterocycles. The molecule has 0 aromatic heterocycles. The summed E-state index contributed by atoms with van der Waals surface area (Å²) < 4.78 is 29.3. The van der Waals surface area contributed by atoms with E-state index in [1.807, 2.05) is 6.08 Å². The van der Waals surface area contributed by atoms with E-state index in [-0.39, 0.29) is 0 Å². The van der Waals surface area contributed by atoms with Gasteiger partial charge in [0.15, 0.2) is 0 Å². The van der Waals surface area contributed by atoms with E-state index in [0.29, 0.717) is 18.4 Å². The quantitative estimate of drug-likeness (QED) is 0.647. The first kappa shape index (κ1) is 11.9. The minimum Gasteiger partial charge on any atom is -0.373 e. The van der Waals surface area contributed by atoms with E-state index in [4.69, 9.17) is 4.74 Å². The summed E-state index contributed by atoms with van der Waals surface area (Å²) in [4.78, 5) is 0. The molecule has 0 aromatic carbocycles. The first-order chi connectivity index (χ1) is 7.12. The fraction of sp³-hybridized carbons (Fsp3) is 0.333. The third-order valence-electron chi connectivity index (χ3n) is 2.43. The molecule has 0 fully saturated rings. The van der Waals surface area contributed by atoms with Crippen LogP contribution in [0.25, 0.3) is 0 Å². The Hall–Kier alpha value is -1.22. The molecule has 1 rings (SSSR count). The molecule has 1 aliphatic carbocycles. The van der Waals surface area contributed by atoms with Crippen LogP contribution in [0, 0.1) is 0 Å². The lowest BCUT2D eigenvalue weighted by Crippen LogP contribution is -2.28. The smallest absolute Gasteiger partial charge is 0.270 e. The summed E-state index contributed by atoms with van der Waals surface area (Å²) in [5.74, 6) is 0. The normalized spacial score (nSPS) is 24.6. The van der Waals surface area contributed by atoms with Crippen molar-refractivity contribution in [3.63, 3.8) is 0 Å². The molecule has 0 bridgehead atoms. The molecule has 1 unspecified atom stereocenters. The van der Waals surface area contributed by atoms with Crippen molar-refractivity contribution in [1.29, 1.82) is 0 Å². The highest BCUT2D eigenvalue weighted by Crippen LogP contribution is 2.28. The first-order valence-corrected chi connectivity index (χ1v) is 4.70. The van der Waals surface area contributed by atoms with Crippen LogP contribution in [0.1, 0.15) is 12.8 Å². The molecule has 0 aliphatic heterocycles. The van der Waals surface area contributed by atoms with Crippen LogP contribution in [-0.4, -0.2) is 12.7 Å². The summed E-state index contributed by atoms with van der Waals surface area (Å²) in [5.41, 5.74) is 0.109. The molecule has 0 spiro atoms. The second kappa shape index (κ2) is 5.03. The van der Waals surface area contributed by atoms with Gasteiger partial charge in [0.2, 0.25) is 0 Å². The molecule has 82 valence electrons. The van der Waals surface area contributed by atoms with Crippen LogP contribution < -0.4 is 0 Å². The van der Waals surface area contributed by atoms with E-state index >= 15 is 0 Å². The maximum absolute atomic E-state index is 12.0. The Morgan fingerprint density at radius 3 is 2.80 bits per heavy atom. The van der Waals surface area contributed by atoms with Crippen LogP contribution in [0.4, 0.5) is 8.78 Å². The van der Waals surface area contributed by atoms with E-state index < -0.39 is 11.7 Å². The lowest BCUT2D eigenvalue weighted by molar-refractivity contribution is 0.0363. The summed E-state index contributed by atoms with van der Waals surface area (Å²) in [6.07, 6.45) is 7.39. The van der Waals surface area contributed by atoms with E-state index in [0.717, 1.165) is 6.08 Å². The van der Waals surface area contributed by atoms with Crippen molar-refractivity contribution in [3.05, 3.63) is 48.6 Å². The fourth-order valence-electron chi connectivity index (χ4n) is 1.54. The Morgan fingerprint density at radius 2 is 2.40 bits per heavy atom. The fourth-order valence-corrected chi connectivity index (χ4v) is 1.54. The predicted molar refractivity (Wildman–Crippen MR) is 56.7 cm³/mol. The van der Waals surface area contributed by atoms with Crippen molar-refractivity contribution in [2.45, 2.75) is 18.4 Å². The molecule has 1 nitrogen and oxygen atoms in total. The largest absolute Gasteiger partial charge is 0.373 e. The number of hydrogen-bond donors (Lipinski definition) is 0. The summed E-state index contributed by atoms with van der Waals surface area (Å²) in [5, 5.41) is 0. The number of methoxy groups -OCH3 is 1. The van der Waals surface area contributed by atoms with Crippen molar-refractivity contribution in [1.82, 2.24) is 0 Å². The van der Waals surface area contributed by atoms with Gasteiger partial charge in [0.25, 0.3) is 6.08 Å². The van der Waals surface area contributed by atoms with Crippen molar-refractivity contribution >= 4 is 0 Å². The van der Waals surface area contributed by atoms with Crippen LogP contribution in [0.15, 0.2) is 48.6 Å². The Bertz CT molecular complexity index is 325. The predicted octanol–water partition coefficient (Wildman–Crippen LogP) is 3.61. The topological polar surface area (TPSA) is 9.23 Å². The van der Waals surface area contributed by atoms with Crippen LogP contribution in [0.3, 0.4) is 0 Å². The first-order valence-electron chi connectivity index (χ1n) is 4.70. The van der Waals surface area contributed by atoms with Crippen molar-refractivity contribution < 1.29 is 13.5 Å². The average Bonchev–Trinajstić information content (AvgIpc) is 2.21. The lowest BCUT2D eigenvalue weighted by atomic mass is 9.89. The number of allylic oxidation sites excluding steroid dienone is 3. The van der Waals surface area contributed by atoms with Gasteiger partial charge >= 0.3 is 0 Å². The highest BCUT2D eigenvalue weighted by molar-refractivity contribution is 5.36. The average molecular weight is 212 g/mol. The number of rotatable bonds is 4. The van der Waals surface area contributed by atoms with Crippen molar-refractivity contribution in [2.75, 3.05) is 7.11 Å². The van der Waals surface area contributed by atoms with Crippen molar-refractivity contribution in [3.8, 4) is 0 Å². The lowest BCUT2D eigenvalue weighted by Gasteiger charge is -2.29. The van der Waals surface area contributed by atoms with Gasteiger partial charge in [-0.15, -0.1) is 6.58 Å². The molecular formula is C12H14F2O. The van der Waals surface area contributed by atoms with Crippen LogP contribution >= 0.6 is 0 Å². The summed E-state index contributed by atoms with van der Waals surface area (Å²) in [6.45, 7) is 3.65. The number of halogens is 2. The molecule has 3 heteroatoms. The zero-order valence-corrected chi connectivity index (χ0v) is 8.67. The van der Waals surface area contributed by atoms with Gasteiger partial charge in [-0.05, 0) is 18.4 Å². The summed E-state index contributed by atoms with van der Waals surface area (Å²) in [6, 6.07) is 0. The molecule has 0 saturated carbocycles. The minimum atomic E-state index is -1.68. The number of ether oxygens (including phenoxy) is 1. The molecule has 1 atom stereocenters. The van der Waals surface area contributed by atoms with Gasteiger partial charge in [-0.25, -0.2) is 0 Å². The Labute approximate surface area is 88.4 Å². The monoisotopic (exact) mass is 212 g/mol. The van der Waals surface area contributed by atoms with Gasteiger partial charge < -0.3 is 4.74 Å². The Morgan fingerprint density at radius 1 is 1.67 bits per heavy atom. The maximum atomic E-state index is 12.0. The van der Waals surface area contributed by atoms with E-state index in [1.54, 1.807) is 25.3 Å². The maximum Gasteiger partial charge on any atom is 0.270 e. The Balaban J connectivity index is 2.76. The van der Waals surface area contributed by atoms with E-state index in [9.17, 15) is 8.78 Å². The molecule has 0 heterocycles. The van der Waals surface area contributed by atoms with E-state index in [2.05, 4.69) is 6.58 Å². The van der Waals surface area contributed by atoms with Gasteiger partial charge in [0.05, 0.1) is 5.60 Å². The van der Waals surface area contributed by atoms with Crippen molar-refractivity contribution in [2.24, 2.45) is 0 Å². The zero-order chi connectivity index (χ0) is 11.3. The van der Waals surface area contributed by atoms with E-state index in [1.165, 1.54) is 0 Å². The minimum absolute atomic E-state index is 0.411. The van der Waals surface area contributed by atoms with Gasteiger partial charge in [-0.1, -0.05) is 24.3 Å². The molecule has 0 radical (unpaired) electrons. The third-order valence-corrected chi connectivity index (χ3v) is 2.43. The second-order valence-electron chi connectivity index (χ2n) is 3.44. The standard InChI is InChI=1S/C12H14F2O/c1-3-6-12(15-2)7-4-10(5-8-12)9-11(13)14/h3-5,7,9H,1,6,8H2,2H3. The Kier molecular flexibility index (Phi) is 3.97.